The molecule has 1 saturated heterocycles. The van der Waals surface area contributed by atoms with Gasteiger partial charge in [-0.05, 0) is 67.9 Å². The Balaban J connectivity index is 1.43. The third-order valence-electron chi connectivity index (χ3n) is 6.38. The van der Waals surface area contributed by atoms with Crippen LogP contribution in [0, 0.1) is 29.5 Å². The van der Waals surface area contributed by atoms with E-state index in [2.05, 4.69) is 15.3 Å². The van der Waals surface area contributed by atoms with E-state index in [0.29, 0.717) is 53.1 Å². The van der Waals surface area contributed by atoms with Crippen LogP contribution in [0.3, 0.4) is 0 Å². The summed E-state index contributed by atoms with van der Waals surface area (Å²) < 4.78 is 15.0. The van der Waals surface area contributed by atoms with Crippen molar-refractivity contribution in [2.45, 2.75) is 44.6 Å². The number of nitrogens with one attached hydrogen (secondary N) is 2. The van der Waals surface area contributed by atoms with Gasteiger partial charge in [-0.3, -0.25) is 4.79 Å². The van der Waals surface area contributed by atoms with Gasteiger partial charge in [0.05, 0.1) is 11.6 Å². The molecular formula is C20H25FN4O. The zero-order valence-corrected chi connectivity index (χ0v) is 14.8. The molecule has 6 heteroatoms. The van der Waals surface area contributed by atoms with Crippen LogP contribution < -0.4 is 11.1 Å². The van der Waals surface area contributed by atoms with Crippen molar-refractivity contribution in [2.75, 3.05) is 6.54 Å². The number of hydrogen-bond acceptors (Lipinski definition) is 3. The number of hydrogen-bond donors (Lipinski definition) is 3. The summed E-state index contributed by atoms with van der Waals surface area (Å²) in [5.74, 6) is 2.17. The molecule has 3 fully saturated rings. The highest BCUT2D eigenvalue weighted by atomic mass is 19.1. The SMILES string of the molecule is N[C@H](c1nc2c(F)c(CC3CCNC3=O)ccc2[nH]1)C(C1CC1)C1CC1. The number of rotatable bonds is 6. The van der Waals surface area contributed by atoms with Gasteiger partial charge in [0.15, 0.2) is 5.82 Å². The molecule has 0 spiro atoms. The first-order chi connectivity index (χ1) is 12.6. The monoisotopic (exact) mass is 356 g/mol. The topological polar surface area (TPSA) is 83.8 Å². The molecule has 1 aromatic carbocycles. The smallest absolute Gasteiger partial charge is 0.223 e. The number of nitrogens with zero attached hydrogens (tertiary/aromatic N) is 1. The molecule has 2 heterocycles. The van der Waals surface area contributed by atoms with Gasteiger partial charge in [-0.15, -0.1) is 0 Å². The molecule has 5 rings (SSSR count). The van der Waals surface area contributed by atoms with E-state index in [9.17, 15) is 4.79 Å². The molecule has 0 radical (unpaired) electrons. The van der Waals surface area contributed by atoms with Crippen LogP contribution in [0.5, 0.6) is 0 Å². The van der Waals surface area contributed by atoms with Crippen LogP contribution in [0.4, 0.5) is 4.39 Å². The molecule has 2 aromatic rings. The van der Waals surface area contributed by atoms with Crippen LogP contribution >= 0.6 is 0 Å². The standard InChI is InChI=1S/C20H25FN4O/c21-16-12(9-13-7-8-23-20(13)26)5-6-14-18(16)25-19(24-14)17(22)15(10-1-2-10)11-3-4-11/h5-6,10-11,13,15,17H,1-4,7-9,22H2,(H,23,26)(H,24,25)/t13?,17-/m0/s1. The highest BCUT2D eigenvalue weighted by Gasteiger charge is 2.45. The number of aromatic nitrogens is 2. The minimum Gasteiger partial charge on any atom is -0.356 e. The zero-order chi connectivity index (χ0) is 17.8. The van der Waals surface area contributed by atoms with E-state index >= 15 is 4.39 Å². The third-order valence-corrected chi connectivity index (χ3v) is 6.38. The summed E-state index contributed by atoms with van der Waals surface area (Å²) in [6, 6.07) is 3.49. The van der Waals surface area contributed by atoms with Crippen LogP contribution in [0.1, 0.15) is 49.5 Å². The zero-order valence-electron chi connectivity index (χ0n) is 14.8. The van der Waals surface area contributed by atoms with Crippen molar-refractivity contribution in [3.63, 3.8) is 0 Å². The molecule has 5 nitrogen and oxygen atoms in total. The highest BCUT2D eigenvalue weighted by molar-refractivity contribution is 5.81. The number of fused-ring (bicyclic) bond motifs is 1. The fourth-order valence-corrected chi connectivity index (χ4v) is 4.64. The van der Waals surface area contributed by atoms with Crippen LogP contribution in [0.15, 0.2) is 12.1 Å². The van der Waals surface area contributed by atoms with Gasteiger partial charge in [0.1, 0.15) is 11.3 Å². The van der Waals surface area contributed by atoms with Crippen molar-refractivity contribution < 1.29 is 9.18 Å². The number of H-pyrrole nitrogens is 1. The molecule has 4 N–H and O–H groups in total. The van der Waals surface area contributed by atoms with Crippen molar-refractivity contribution >= 4 is 16.9 Å². The number of nitrogens with two attached hydrogens (primary N) is 1. The van der Waals surface area contributed by atoms with E-state index in [4.69, 9.17) is 5.73 Å². The second-order valence-electron chi connectivity index (χ2n) is 8.32. The van der Waals surface area contributed by atoms with Gasteiger partial charge < -0.3 is 16.0 Å². The Morgan fingerprint density at radius 3 is 2.54 bits per heavy atom. The molecule has 2 aliphatic carbocycles. The maximum absolute atomic E-state index is 15.0. The summed E-state index contributed by atoms with van der Waals surface area (Å²) in [6.45, 7) is 0.679. The molecule has 1 amide bonds. The van der Waals surface area contributed by atoms with Gasteiger partial charge in [0.25, 0.3) is 0 Å². The molecule has 1 aromatic heterocycles. The summed E-state index contributed by atoms with van der Waals surface area (Å²) in [5, 5.41) is 2.81. The van der Waals surface area contributed by atoms with Gasteiger partial charge in [-0.2, -0.15) is 0 Å². The number of carbonyl (C=O) groups excluding carboxylic acids is 1. The average Bonchev–Trinajstić information content (AvgIpc) is 3.55. The second-order valence-corrected chi connectivity index (χ2v) is 8.32. The number of halogens is 1. The predicted octanol–water partition coefficient (Wildman–Crippen LogP) is 2.82. The lowest BCUT2D eigenvalue weighted by atomic mass is 9.89. The number of carbonyl (C=O) groups is 1. The Hall–Kier alpha value is -1.95. The van der Waals surface area contributed by atoms with Gasteiger partial charge in [0, 0.05) is 12.5 Å². The number of aromatic amines is 1. The lowest BCUT2D eigenvalue weighted by Crippen LogP contribution is -2.25. The molecule has 2 saturated carbocycles. The molecule has 138 valence electrons. The van der Waals surface area contributed by atoms with Gasteiger partial charge >= 0.3 is 0 Å². The number of benzene rings is 1. The fourth-order valence-electron chi connectivity index (χ4n) is 4.64. The maximum Gasteiger partial charge on any atom is 0.223 e. The fraction of sp³-hybridized carbons (Fsp3) is 0.600. The first-order valence-electron chi connectivity index (χ1n) is 9.82. The van der Waals surface area contributed by atoms with Crippen LogP contribution in [-0.2, 0) is 11.2 Å². The first-order valence-corrected chi connectivity index (χ1v) is 9.82. The van der Waals surface area contributed by atoms with E-state index in [0.717, 1.165) is 6.42 Å². The van der Waals surface area contributed by atoms with Crippen molar-refractivity contribution in [2.24, 2.45) is 29.4 Å². The minimum absolute atomic E-state index is 0.0194. The lowest BCUT2D eigenvalue weighted by molar-refractivity contribution is -0.122. The Kier molecular flexibility index (Phi) is 3.78. The summed E-state index contributed by atoms with van der Waals surface area (Å²) in [4.78, 5) is 19.6. The van der Waals surface area contributed by atoms with Crippen molar-refractivity contribution in [1.29, 1.82) is 0 Å². The Morgan fingerprint density at radius 1 is 1.19 bits per heavy atom. The molecular weight excluding hydrogens is 331 g/mol. The summed E-state index contributed by atoms with van der Waals surface area (Å²) in [5.41, 5.74) is 8.17. The number of imidazole rings is 1. The third kappa shape index (κ3) is 2.80. The normalized spacial score (nSPS) is 24.4. The molecule has 26 heavy (non-hydrogen) atoms. The van der Waals surface area contributed by atoms with Crippen LogP contribution in [0.25, 0.3) is 11.0 Å². The number of amides is 1. The van der Waals surface area contributed by atoms with E-state index in [1.807, 2.05) is 6.07 Å². The largest absolute Gasteiger partial charge is 0.356 e. The Labute approximate surface area is 151 Å². The molecule has 1 unspecified atom stereocenters. The maximum atomic E-state index is 15.0. The molecule has 3 aliphatic rings. The van der Waals surface area contributed by atoms with Crippen LogP contribution in [-0.4, -0.2) is 22.4 Å². The van der Waals surface area contributed by atoms with E-state index in [1.165, 1.54) is 25.7 Å². The van der Waals surface area contributed by atoms with Crippen molar-refractivity contribution in [1.82, 2.24) is 15.3 Å². The summed E-state index contributed by atoms with van der Waals surface area (Å²) in [7, 11) is 0. The molecule has 1 aliphatic heterocycles. The molecule has 2 atom stereocenters. The van der Waals surface area contributed by atoms with Crippen LogP contribution in [0.2, 0.25) is 0 Å². The lowest BCUT2D eigenvalue weighted by Gasteiger charge is -2.21. The Bertz CT molecular complexity index is 843. The quantitative estimate of drug-likeness (QED) is 0.744. The summed E-state index contributed by atoms with van der Waals surface area (Å²) >= 11 is 0. The second kappa shape index (κ2) is 6.05. The highest BCUT2D eigenvalue weighted by Crippen LogP contribution is 2.53. The first kappa shape index (κ1) is 16.2. The van der Waals surface area contributed by atoms with Gasteiger partial charge in [-0.1, -0.05) is 6.07 Å². The van der Waals surface area contributed by atoms with Gasteiger partial charge in [0.2, 0.25) is 5.91 Å². The summed E-state index contributed by atoms with van der Waals surface area (Å²) in [6.07, 6.45) is 6.23. The van der Waals surface area contributed by atoms with E-state index < -0.39 is 0 Å². The predicted molar refractivity (Wildman–Crippen MR) is 96.7 cm³/mol. The van der Waals surface area contributed by atoms with E-state index in [1.54, 1.807) is 6.07 Å². The Morgan fingerprint density at radius 2 is 1.92 bits per heavy atom. The van der Waals surface area contributed by atoms with Gasteiger partial charge in [-0.25, -0.2) is 9.37 Å². The molecule has 0 bridgehead atoms. The minimum atomic E-state index is -0.314. The van der Waals surface area contributed by atoms with Crippen molar-refractivity contribution in [3.05, 3.63) is 29.3 Å². The van der Waals surface area contributed by atoms with Crippen molar-refractivity contribution in [3.8, 4) is 0 Å². The average molecular weight is 356 g/mol. The van der Waals surface area contributed by atoms with E-state index in [-0.39, 0.29) is 23.7 Å².